The van der Waals surface area contributed by atoms with Crippen LogP contribution in [0.2, 0.25) is 0 Å². The van der Waals surface area contributed by atoms with E-state index in [1.165, 1.54) is 12.1 Å². The Morgan fingerprint density at radius 2 is 2.00 bits per heavy atom. The zero-order valence-corrected chi connectivity index (χ0v) is 14.6. The van der Waals surface area contributed by atoms with Crippen LogP contribution in [0.4, 0.5) is 0 Å². The molecule has 1 unspecified atom stereocenters. The topological polar surface area (TPSA) is 147 Å². The predicted octanol–water partition coefficient (Wildman–Crippen LogP) is -0.803. The third-order valence-electron chi connectivity index (χ3n) is 2.84. The standard InChI is InChI=1S/C11H12N2O4.C5H8N2.Cu/c12-11(17)8(5-10(15)16)13-6-7-3-1-2-4-9(7)14;1-4-3-5(2)7-6-4;/h1-4,6,8,14H,5H2,(H2,12,17)(H,15,16);3H,1-2H3,(H,6,7);/q;;+2/p-2. The van der Waals surface area contributed by atoms with Crippen LogP contribution in [0, 0.1) is 13.8 Å². The quantitative estimate of drug-likeness (QED) is 0.503. The number of para-hydroxylation sites is 1. The van der Waals surface area contributed by atoms with Crippen molar-refractivity contribution >= 4 is 18.1 Å². The Kier molecular flexibility index (Phi) is 9.85. The number of rotatable bonds is 5. The first-order valence-electron chi connectivity index (χ1n) is 7.06. The number of aromatic nitrogens is 2. The van der Waals surface area contributed by atoms with Crippen LogP contribution < -0.4 is 15.9 Å². The monoisotopic (exact) mass is 393 g/mol. The third kappa shape index (κ3) is 8.69. The van der Waals surface area contributed by atoms with Crippen LogP contribution in [0.25, 0.3) is 0 Å². The number of benzene rings is 1. The Hall–Kier alpha value is -2.64. The molecule has 0 aliphatic rings. The fraction of sp³-hybridized carbons (Fsp3) is 0.250. The Bertz CT molecular complexity index is 714. The van der Waals surface area contributed by atoms with Crippen LogP contribution in [0.5, 0.6) is 5.75 Å². The molecule has 1 aromatic carbocycles. The molecule has 8 nitrogen and oxygen atoms in total. The molecule has 2 rings (SSSR count). The van der Waals surface area contributed by atoms with Crippen molar-refractivity contribution in [1.82, 2.24) is 10.2 Å². The molecular formula is C16H18CuN4O4. The summed E-state index contributed by atoms with van der Waals surface area (Å²) in [6.45, 7) is 3.95. The zero-order chi connectivity index (χ0) is 18.1. The number of aromatic amines is 1. The molecule has 1 amide bonds. The van der Waals surface area contributed by atoms with Gasteiger partial charge in [0.2, 0.25) is 5.91 Å². The number of primary amides is 1. The van der Waals surface area contributed by atoms with E-state index in [1.54, 1.807) is 12.1 Å². The van der Waals surface area contributed by atoms with Crippen LogP contribution in [-0.2, 0) is 26.7 Å². The number of carboxylic acid groups (broad SMARTS) is 1. The van der Waals surface area contributed by atoms with Gasteiger partial charge in [0.1, 0.15) is 6.04 Å². The minimum absolute atomic E-state index is 0. The second kappa shape index (κ2) is 11.0. The number of nitrogens with two attached hydrogens (primary N) is 1. The van der Waals surface area contributed by atoms with Gasteiger partial charge < -0.3 is 20.7 Å². The van der Waals surface area contributed by atoms with Gasteiger partial charge in [-0.25, -0.2) is 0 Å². The predicted molar refractivity (Wildman–Crippen MR) is 84.2 cm³/mol. The summed E-state index contributed by atoms with van der Waals surface area (Å²) in [6, 6.07) is 6.80. The molecule has 1 radical (unpaired) electrons. The van der Waals surface area contributed by atoms with Crippen molar-refractivity contribution in [1.29, 1.82) is 0 Å². The number of nitrogens with zero attached hydrogens (tertiary/aromatic N) is 2. The third-order valence-corrected chi connectivity index (χ3v) is 2.84. The molecule has 0 saturated heterocycles. The zero-order valence-electron chi connectivity index (χ0n) is 13.7. The first kappa shape index (κ1) is 22.4. The number of nitrogens with one attached hydrogen (secondary N) is 1. The summed E-state index contributed by atoms with van der Waals surface area (Å²) in [7, 11) is 0. The van der Waals surface area contributed by atoms with E-state index < -0.39 is 24.3 Å². The van der Waals surface area contributed by atoms with Gasteiger partial charge in [-0.15, -0.1) is 5.75 Å². The smallest absolute Gasteiger partial charge is 0.872 e. The summed E-state index contributed by atoms with van der Waals surface area (Å²) >= 11 is 0. The number of aliphatic imine (C=N–C) groups is 1. The van der Waals surface area contributed by atoms with Gasteiger partial charge in [-0.2, -0.15) is 5.10 Å². The SMILES string of the molecule is Cc1cc(C)[nH]n1.NC(=O)C(CC(=O)[O-])N=Cc1ccccc1[O-].[Cu+2]. The van der Waals surface area contributed by atoms with Gasteiger partial charge in [-0.1, -0.05) is 24.3 Å². The molecule has 0 aliphatic heterocycles. The van der Waals surface area contributed by atoms with E-state index in [9.17, 15) is 19.8 Å². The van der Waals surface area contributed by atoms with Gasteiger partial charge in [-0.3, -0.25) is 14.9 Å². The van der Waals surface area contributed by atoms with Gasteiger partial charge in [0.25, 0.3) is 0 Å². The molecule has 137 valence electrons. The summed E-state index contributed by atoms with van der Waals surface area (Å²) in [6.07, 6.45) is 0.535. The minimum Gasteiger partial charge on any atom is -0.872 e. The number of carbonyl (C=O) groups excluding carboxylic acids is 2. The molecule has 3 N–H and O–H groups in total. The van der Waals surface area contributed by atoms with Crippen molar-refractivity contribution in [3.8, 4) is 5.75 Å². The van der Waals surface area contributed by atoms with Crippen molar-refractivity contribution in [3.63, 3.8) is 0 Å². The number of amides is 1. The molecule has 2 aromatic rings. The summed E-state index contributed by atoms with van der Waals surface area (Å²) in [5, 5.41) is 28.3. The van der Waals surface area contributed by atoms with Gasteiger partial charge in [-0.05, 0) is 25.5 Å². The maximum absolute atomic E-state index is 11.3. The molecule has 25 heavy (non-hydrogen) atoms. The molecule has 0 aliphatic carbocycles. The van der Waals surface area contributed by atoms with Crippen LogP contribution in [0.15, 0.2) is 35.3 Å². The Labute approximate surface area is 155 Å². The van der Waals surface area contributed by atoms with E-state index in [4.69, 9.17) is 5.73 Å². The maximum Gasteiger partial charge on any atom is 2.00 e. The van der Waals surface area contributed by atoms with Crippen molar-refractivity contribution in [2.24, 2.45) is 10.7 Å². The van der Waals surface area contributed by atoms with Gasteiger partial charge in [0.15, 0.2) is 0 Å². The number of H-pyrrole nitrogens is 1. The molecule has 0 bridgehead atoms. The number of aliphatic carboxylic acids is 1. The van der Waals surface area contributed by atoms with Crippen LogP contribution in [0.1, 0.15) is 23.4 Å². The number of aryl methyl sites for hydroxylation is 2. The molecule has 1 heterocycles. The van der Waals surface area contributed by atoms with Gasteiger partial charge in [0.05, 0.1) is 5.69 Å². The number of hydrogen-bond acceptors (Lipinski definition) is 6. The largest absolute Gasteiger partial charge is 2.00 e. The summed E-state index contributed by atoms with van der Waals surface area (Å²) in [5.74, 6) is -2.58. The van der Waals surface area contributed by atoms with Crippen LogP contribution >= 0.6 is 0 Å². The number of hydrogen-bond donors (Lipinski definition) is 2. The van der Waals surface area contributed by atoms with Crippen molar-refractivity contribution in [2.45, 2.75) is 26.3 Å². The molecule has 1 aromatic heterocycles. The average Bonchev–Trinajstić information content (AvgIpc) is 2.88. The minimum atomic E-state index is -1.43. The Morgan fingerprint density at radius 1 is 1.36 bits per heavy atom. The Morgan fingerprint density at radius 3 is 2.40 bits per heavy atom. The summed E-state index contributed by atoms with van der Waals surface area (Å²) < 4.78 is 0. The summed E-state index contributed by atoms with van der Waals surface area (Å²) in [4.78, 5) is 24.9. The normalized spacial score (nSPS) is 11.1. The second-order valence-corrected chi connectivity index (χ2v) is 5.00. The summed E-state index contributed by atoms with van der Waals surface area (Å²) in [5.41, 5.74) is 7.40. The van der Waals surface area contributed by atoms with Crippen LogP contribution in [-0.4, -0.2) is 34.3 Å². The Balaban J connectivity index is 0.000000603. The van der Waals surface area contributed by atoms with Crippen molar-refractivity contribution in [3.05, 3.63) is 47.3 Å². The van der Waals surface area contributed by atoms with Crippen molar-refractivity contribution < 1.29 is 36.9 Å². The van der Waals surface area contributed by atoms with Gasteiger partial charge >= 0.3 is 17.1 Å². The van der Waals surface area contributed by atoms with E-state index in [-0.39, 0.29) is 28.4 Å². The van der Waals surface area contributed by atoms with E-state index in [0.29, 0.717) is 0 Å². The van der Waals surface area contributed by atoms with E-state index >= 15 is 0 Å². The number of carboxylic acids is 1. The van der Waals surface area contributed by atoms with Gasteiger partial charge in [0, 0.05) is 24.3 Å². The number of carbonyl (C=O) groups is 2. The second-order valence-electron chi connectivity index (χ2n) is 5.00. The van der Waals surface area contributed by atoms with Crippen LogP contribution in [0.3, 0.4) is 0 Å². The average molecular weight is 394 g/mol. The van der Waals surface area contributed by atoms with E-state index in [0.717, 1.165) is 17.6 Å². The van der Waals surface area contributed by atoms with E-state index in [2.05, 4.69) is 15.2 Å². The maximum atomic E-state index is 11.3. The van der Waals surface area contributed by atoms with E-state index in [1.807, 2.05) is 19.9 Å². The molecule has 9 heteroatoms. The van der Waals surface area contributed by atoms with Crippen molar-refractivity contribution in [2.75, 3.05) is 0 Å². The molecule has 0 fully saturated rings. The first-order chi connectivity index (χ1) is 11.3. The molecule has 0 spiro atoms. The first-order valence-corrected chi connectivity index (χ1v) is 7.06. The fourth-order valence-electron chi connectivity index (χ4n) is 1.70. The molecular weight excluding hydrogens is 376 g/mol. The molecule has 0 saturated carbocycles. The fourth-order valence-corrected chi connectivity index (χ4v) is 1.70. The molecule has 1 atom stereocenters.